The molecule has 1 aromatic rings. The molecule has 9 heteroatoms. The van der Waals surface area contributed by atoms with Crippen LogP contribution in [0.3, 0.4) is 0 Å². The van der Waals surface area contributed by atoms with Crippen LogP contribution in [0.1, 0.15) is 31.9 Å². The molecule has 0 saturated heterocycles. The van der Waals surface area contributed by atoms with Gasteiger partial charge < -0.3 is 4.74 Å². The summed E-state index contributed by atoms with van der Waals surface area (Å²) >= 11 is 0. The summed E-state index contributed by atoms with van der Waals surface area (Å²) in [5.74, 6) is 0. The van der Waals surface area contributed by atoms with E-state index in [1.807, 2.05) is 0 Å². The van der Waals surface area contributed by atoms with Crippen LogP contribution in [0.4, 0.5) is 23.7 Å². The number of ether oxygens (including phenoxy) is 1. The number of nitro groups is 1. The normalized spacial score (nSPS) is 11.9. The van der Waals surface area contributed by atoms with Crippen molar-refractivity contribution in [1.29, 1.82) is 0 Å². The predicted molar refractivity (Wildman–Crippen MR) is 72.0 cm³/mol. The number of rotatable bonds is 3. The largest absolute Gasteiger partial charge is 0.444 e. The van der Waals surface area contributed by atoms with Gasteiger partial charge in [0.25, 0.3) is 0 Å². The van der Waals surface area contributed by atoms with Crippen LogP contribution in [0.2, 0.25) is 0 Å². The first-order valence-electron chi connectivity index (χ1n) is 6.20. The zero-order chi connectivity index (χ0) is 17.1. The number of amides is 1. The smallest absolute Gasteiger partial charge is 0.416 e. The summed E-state index contributed by atoms with van der Waals surface area (Å²) in [5.41, 5.74) is -2.23. The molecule has 0 heterocycles. The first kappa shape index (κ1) is 17.7. The molecule has 0 saturated carbocycles. The van der Waals surface area contributed by atoms with E-state index in [0.717, 1.165) is 12.1 Å². The Labute approximate surface area is 124 Å². The van der Waals surface area contributed by atoms with Gasteiger partial charge in [-0.1, -0.05) is 0 Å². The Balaban J connectivity index is 3.11. The van der Waals surface area contributed by atoms with Gasteiger partial charge >= 0.3 is 12.3 Å². The molecule has 0 aliphatic heterocycles. The molecule has 1 rings (SSSR count). The molecule has 0 atom stereocenters. The van der Waals surface area contributed by atoms with Crippen LogP contribution in [0.5, 0.6) is 0 Å². The van der Waals surface area contributed by atoms with Crippen molar-refractivity contribution < 1.29 is 27.6 Å². The highest BCUT2D eigenvalue weighted by atomic mass is 19.4. The van der Waals surface area contributed by atoms with Crippen LogP contribution in [0.25, 0.3) is 0 Å². The highest BCUT2D eigenvalue weighted by molar-refractivity contribution is 5.86. The number of carbonyl (C=O) groups is 1. The molecular weight excluding hydrogens is 305 g/mol. The molecule has 122 valence electrons. The summed E-state index contributed by atoms with van der Waals surface area (Å²) in [7, 11) is 0. The Hall–Kier alpha value is -2.32. The molecule has 1 aromatic carbocycles. The summed E-state index contributed by atoms with van der Waals surface area (Å²) in [4.78, 5) is 21.5. The van der Waals surface area contributed by atoms with Gasteiger partial charge in [0.05, 0.1) is 11.3 Å². The van der Waals surface area contributed by atoms with Crippen molar-refractivity contribution in [2.24, 2.45) is 0 Å². The molecular formula is C13H15F3N2O4. The summed E-state index contributed by atoms with van der Waals surface area (Å²) < 4.78 is 43.0. The molecule has 0 spiro atoms. The Morgan fingerprint density at radius 3 is 2.36 bits per heavy atom. The monoisotopic (exact) mass is 320 g/mol. The van der Waals surface area contributed by atoms with E-state index in [-0.39, 0.29) is 11.3 Å². The average molecular weight is 320 g/mol. The maximum atomic E-state index is 12.7. The number of hydrogen-bond acceptors (Lipinski definition) is 4. The summed E-state index contributed by atoms with van der Waals surface area (Å²) in [6.07, 6.45) is -5.62. The zero-order valence-corrected chi connectivity index (χ0v) is 12.2. The highest BCUT2D eigenvalue weighted by Gasteiger charge is 2.31. The van der Waals surface area contributed by atoms with E-state index in [2.05, 4.69) is 5.32 Å². The number of hydrogen-bond donors (Lipinski definition) is 1. The Kier molecular flexibility index (Phi) is 5.00. The van der Waals surface area contributed by atoms with Crippen LogP contribution in [0, 0.1) is 10.1 Å². The minimum Gasteiger partial charge on any atom is -0.444 e. The van der Waals surface area contributed by atoms with Crippen LogP contribution in [-0.4, -0.2) is 16.6 Å². The Bertz CT molecular complexity index is 580. The summed E-state index contributed by atoms with van der Waals surface area (Å²) in [6.45, 7) is 4.02. The van der Waals surface area contributed by atoms with Crippen molar-refractivity contribution in [3.05, 3.63) is 39.4 Å². The molecule has 22 heavy (non-hydrogen) atoms. The van der Waals surface area contributed by atoms with E-state index in [4.69, 9.17) is 4.74 Å². The Morgan fingerprint density at radius 1 is 1.32 bits per heavy atom. The second-order valence-electron chi connectivity index (χ2n) is 5.49. The third kappa shape index (κ3) is 5.58. The fourth-order valence-corrected chi connectivity index (χ4v) is 1.56. The minimum absolute atomic E-state index is 0.0520. The Morgan fingerprint density at radius 2 is 1.91 bits per heavy atom. The van der Waals surface area contributed by atoms with Gasteiger partial charge in [0.15, 0.2) is 0 Å². The molecule has 0 bridgehead atoms. The van der Waals surface area contributed by atoms with Gasteiger partial charge in [-0.25, -0.2) is 4.79 Å². The molecule has 1 N–H and O–H groups in total. The molecule has 6 nitrogen and oxygen atoms in total. The molecule has 1 amide bonds. The van der Waals surface area contributed by atoms with Crippen molar-refractivity contribution in [2.75, 3.05) is 5.32 Å². The quantitative estimate of drug-likeness (QED) is 0.678. The molecule has 0 fully saturated rings. The maximum Gasteiger partial charge on any atom is 0.416 e. The van der Waals surface area contributed by atoms with Crippen molar-refractivity contribution in [3.8, 4) is 0 Å². The highest BCUT2D eigenvalue weighted by Crippen LogP contribution is 2.32. The molecule has 0 unspecified atom stereocenters. The number of nitrogens with zero attached hydrogens (tertiary/aromatic N) is 1. The first-order chi connectivity index (χ1) is 9.88. The van der Waals surface area contributed by atoms with Gasteiger partial charge in [-0.05, 0) is 39.0 Å². The lowest BCUT2D eigenvalue weighted by atomic mass is 10.1. The summed E-state index contributed by atoms with van der Waals surface area (Å²) in [6, 6.07) is 2.32. The van der Waals surface area contributed by atoms with E-state index >= 15 is 0 Å². The number of anilines is 1. The molecule has 0 aromatic heterocycles. The lowest BCUT2D eigenvalue weighted by Gasteiger charge is -2.20. The van der Waals surface area contributed by atoms with Crippen LogP contribution < -0.4 is 5.32 Å². The van der Waals surface area contributed by atoms with Gasteiger partial charge in [-0.3, -0.25) is 15.4 Å². The molecule has 0 radical (unpaired) electrons. The van der Waals surface area contributed by atoms with Crippen molar-refractivity contribution >= 4 is 11.8 Å². The van der Waals surface area contributed by atoms with E-state index in [0.29, 0.717) is 6.07 Å². The lowest BCUT2D eigenvalue weighted by Crippen LogP contribution is -2.27. The number of benzene rings is 1. The van der Waals surface area contributed by atoms with Crippen LogP contribution in [-0.2, 0) is 17.5 Å². The van der Waals surface area contributed by atoms with Crippen molar-refractivity contribution in [1.82, 2.24) is 0 Å². The van der Waals surface area contributed by atoms with Crippen LogP contribution in [0.15, 0.2) is 18.2 Å². The topological polar surface area (TPSA) is 81.5 Å². The van der Waals surface area contributed by atoms with E-state index in [1.165, 1.54) is 0 Å². The lowest BCUT2D eigenvalue weighted by molar-refractivity contribution is -0.496. The van der Waals surface area contributed by atoms with Crippen LogP contribution >= 0.6 is 0 Å². The summed E-state index contributed by atoms with van der Waals surface area (Å²) in [5, 5.41) is 12.7. The van der Waals surface area contributed by atoms with Gasteiger partial charge in [0, 0.05) is 10.5 Å². The molecule has 0 aliphatic carbocycles. The third-order valence-electron chi connectivity index (χ3n) is 2.37. The molecule has 0 aliphatic rings. The average Bonchev–Trinajstić information content (AvgIpc) is 2.26. The van der Waals surface area contributed by atoms with E-state index in [9.17, 15) is 28.1 Å². The maximum absolute atomic E-state index is 12.7. The third-order valence-corrected chi connectivity index (χ3v) is 2.37. The fraction of sp³-hybridized carbons (Fsp3) is 0.462. The first-order valence-corrected chi connectivity index (χ1v) is 6.20. The van der Waals surface area contributed by atoms with E-state index < -0.39 is 34.9 Å². The number of carbonyl (C=O) groups excluding carboxylic acids is 1. The standard InChI is InChI=1S/C13H15F3N2O4/c1-12(2,3)22-11(19)17-10-6-9(13(14,15)16)5-4-8(10)7-18(20)21/h4-6H,7H2,1-3H3,(H,17,19). The number of nitrogens with one attached hydrogen (secondary N) is 1. The van der Waals surface area contributed by atoms with Gasteiger partial charge in [0.2, 0.25) is 6.54 Å². The number of alkyl halides is 3. The minimum atomic E-state index is -4.63. The van der Waals surface area contributed by atoms with Crippen molar-refractivity contribution in [3.63, 3.8) is 0 Å². The van der Waals surface area contributed by atoms with Gasteiger partial charge in [-0.15, -0.1) is 0 Å². The van der Waals surface area contributed by atoms with Gasteiger partial charge in [0.1, 0.15) is 5.60 Å². The SMILES string of the molecule is CC(C)(C)OC(=O)Nc1cc(C(F)(F)F)ccc1C[N+](=O)[O-]. The predicted octanol–water partition coefficient (Wildman–Crippen LogP) is 3.83. The number of halogens is 3. The second kappa shape index (κ2) is 6.20. The zero-order valence-electron chi connectivity index (χ0n) is 12.2. The van der Waals surface area contributed by atoms with Gasteiger partial charge in [-0.2, -0.15) is 13.2 Å². The second-order valence-corrected chi connectivity index (χ2v) is 5.49. The van der Waals surface area contributed by atoms with E-state index in [1.54, 1.807) is 20.8 Å². The fourth-order valence-electron chi connectivity index (χ4n) is 1.56. The van der Waals surface area contributed by atoms with Crippen molar-refractivity contribution in [2.45, 2.75) is 39.1 Å².